The third kappa shape index (κ3) is 1.69. The molecule has 0 amide bonds. The van der Waals surface area contributed by atoms with Crippen molar-refractivity contribution >= 4 is 11.4 Å². The quantitative estimate of drug-likeness (QED) is 0.756. The number of hydrogen-bond acceptors (Lipinski definition) is 2. The number of rotatable bonds is 1. The molecule has 2 heteroatoms. The van der Waals surface area contributed by atoms with E-state index in [1.54, 1.807) is 0 Å². The second kappa shape index (κ2) is 3.44. The van der Waals surface area contributed by atoms with Crippen LogP contribution in [0.15, 0.2) is 18.2 Å². The molecule has 1 aromatic carbocycles. The number of aryl methyl sites for hydroxylation is 1. The first kappa shape index (κ1) is 10.3. The van der Waals surface area contributed by atoms with Crippen LogP contribution in [0.4, 0.5) is 11.4 Å². The van der Waals surface area contributed by atoms with Gasteiger partial charge in [-0.2, -0.15) is 0 Å². The predicted molar refractivity (Wildman–Crippen MR) is 66.8 cm³/mol. The summed E-state index contributed by atoms with van der Waals surface area (Å²) < 4.78 is 0. The molecule has 0 unspecified atom stereocenters. The Morgan fingerprint density at radius 3 is 2.80 bits per heavy atom. The molecule has 0 spiro atoms. The van der Waals surface area contributed by atoms with Crippen LogP contribution in [-0.4, -0.2) is 19.1 Å². The molecule has 1 aliphatic rings. The maximum Gasteiger partial charge on any atom is 0.0607 e. The molecule has 1 aliphatic heterocycles. The minimum Gasteiger partial charge on any atom is -0.381 e. The SMILES string of the molecule is CCc1ccc2c(c1)N(C)C(C)(C)CN2. The lowest BCUT2D eigenvalue weighted by atomic mass is 9.97. The monoisotopic (exact) mass is 204 g/mol. The van der Waals surface area contributed by atoms with Crippen molar-refractivity contribution in [3.05, 3.63) is 23.8 Å². The Morgan fingerprint density at radius 2 is 2.13 bits per heavy atom. The van der Waals surface area contributed by atoms with Crippen molar-refractivity contribution in [2.45, 2.75) is 32.7 Å². The van der Waals surface area contributed by atoms with Gasteiger partial charge >= 0.3 is 0 Å². The molecular formula is C13H20N2. The van der Waals surface area contributed by atoms with E-state index in [9.17, 15) is 0 Å². The van der Waals surface area contributed by atoms with Crippen LogP contribution in [0, 0.1) is 0 Å². The smallest absolute Gasteiger partial charge is 0.0607 e. The van der Waals surface area contributed by atoms with Gasteiger partial charge in [0.25, 0.3) is 0 Å². The van der Waals surface area contributed by atoms with Crippen LogP contribution in [-0.2, 0) is 6.42 Å². The highest BCUT2D eigenvalue weighted by Gasteiger charge is 2.29. The molecule has 1 aromatic rings. The summed E-state index contributed by atoms with van der Waals surface area (Å²) in [4.78, 5) is 2.37. The standard InChI is InChI=1S/C13H20N2/c1-5-10-6-7-11-12(8-10)15(4)13(2,3)9-14-11/h6-8,14H,5,9H2,1-4H3. The summed E-state index contributed by atoms with van der Waals surface area (Å²) in [5, 5.41) is 3.49. The van der Waals surface area contributed by atoms with Crippen LogP contribution in [0.3, 0.4) is 0 Å². The molecule has 1 N–H and O–H groups in total. The zero-order chi connectivity index (χ0) is 11.1. The second-order valence-corrected chi connectivity index (χ2v) is 4.93. The molecule has 0 aromatic heterocycles. The number of hydrogen-bond donors (Lipinski definition) is 1. The normalized spacial score (nSPS) is 18.3. The average molecular weight is 204 g/mol. The fraction of sp³-hybridized carbons (Fsp3) is 0.538. The zero-order valence-corrected chi connectivity index (χ0v) is 10.1. The highest BCUT2D eigenvalue weighted by molar-refractivity contribution is 5.74. The van der Waals surface area contributed by atoms with Crippen LogP contribution in [0.5, 0.6) is 0 Å². The Bertz CT molecular complexity index is 369. The van der Waals surface area contributed by atoms with Gasteiger partial charge in [-0.1, -0.05) is 13.0 Å². The molecular weight excluding hydrogens is 184 g/mol. The molecule has 0 radical (unpaired) electrons. The van der Waals surface area contributed by atoms with Gasteiger partial charge in [0, 0.05) is 13.6 Å². The number of nitrogens with one attached hydrogen (secondary N) is 1. The van der Waals surface area contributed by atoms with E-state index in [4.69, 9.17) is 0 Å². The minimum absolute atomic E-state index is 0.194. The number of nitrogens with zero attached hydrogens (tertiary/aromatic N) is 1. The lowest BCUT2D eigenvalue weighted by Crippen LogP contribution is -2.50. The summed E-state index contributed by atoms with van der Waals surface area (Å²) in [5.41, 5.74) is 4.18. The molecule has 2 nitrogen and oxygen atoms in total. The lowest BCUT2D eigenvalue weighted by molar-refractivity contribution is 0.502. The Balaban J connectivity index is 2.44. The third-order valence-electron chi connectivity index (χ3n) is 3.45. The van der Waals surface area contributed by atoms with E-state index in [0.717, 1.165) is 13.0 Å². The highest BCUT2D eigenvalue weighted by Crippen LogP contribution is 2.35. The molecule has 0 saturated heterocycles. The van der Waals surface area contributed by atoms with Gasteiger partial charge in [0.05, 0.1) is 16.9 Å². The van der Waals surface area contributed by atoms with Crippen LogP contribution in [0.1, 0.15) is 26.3 Å². The van der Waals surface area contributed by atoms with E-state index in [2.05, 4.69) is 56.2 Å². The maximum absolute atomic E-state index is 3.49. The van der Waals surface area contributed by atoms with E-state index < -0.39 is 0 Å². The Labute approximate surface area is 92.3 Å². The topological polar surface area (TPSA) is 15.3 Å². The van der Waals surface area contributed by atoms with E-state index >= 15 is 0 Å². The Morgan fingerprint density at radius 1 is 1.40 bits per heavy atom. The molecule has 82 valence electrons. The molecule has 2 rings (SSSR count). The number of likely N-dealkylation sites (N-methyl/N-ethyl adjacent to an activating group) is 1. The van der Waals surface area contributed by atoms with Gasteiger partial charge < -0.3 is 10.2 Å². The van der Waals surface area contributed by atoms with Gasteiger partial charge in [-0.3, -0.25) is 0 Å². The zero-order valence-electron chi connectivity index (χ0n) is 10.1. The van der Waals surface area contributed by atoms with Crippen molar-refractivity contribution in [1.82, 2.24) is 0 Å². The minimum atomic E-state index is 0.194. The molecule has 0 saturated carbocycles. The van der Waals surface area contributed by atoms with Crippen molar-refractivity contribution in [1.29, 1.82) is 0 Å². The van der Waals surface area contributed by atoms with Crippen LogP contribution >= 0.6 is 0 Å². The molecule has 0 fully saturated rings. The summed E-state index contributed by atoms with van der Waals surface area (Å²) in [7, 11) is 2.18. The maximum atomic E-state index is 3.49. The van der Waals surface area contributed by atoms with Crippen molar-refractivity contribution in [2.24, 2.45) is 0 Å². The average Bonchev–Trinajstić information content (AvgIpc) is 2.24. The second-order valence-electron chi connectivity index (χ2n) is 4.93. The summed E-state index contributed by atoms with van der Waals surface area (Å²) in [6.07, 6.45) is 1.10. The molecule has 1 heterocycles. The summed E-state index contributed by atoms with van der Waals surface area (Å²) in [6.45, 7) is 7.73. The first-order chi connectivity index (χ1) is 7.04. The Hall–Kier alpha value is -1.18. The fourth-order valence-corrected chi connectivity index (χ4v) is 1.98. The van der Waals surface area contributed by atoms with Crippen LogP contribution in [0.25, 0.3) is 0 Å². The van der Waals surface area contributed by atoms with E-state index in [1.807, 2.05) is 0 Å². The first-order valence-corrected chi connectivity index (χ1v) is 5.65. The van der Waals surface area contributed by atoms with E-state index in [1.165, 1.54) is 16.9 Å². The number of anilines is 2. The highest BCUT2D eigenvalue weighted by atomic mass is 15.2. The van der Waals surface area contributed by atoms with E-state index in [0.29, 0.717) is 0 Å². The summed E-state index contributed by atoms with van der Waals surface area (Å²) in [6, 6.07) is 6.70. The summed E-state index contributed by atoms with van der Waals surface area (Å²) in [5.74, 6) is 0. The van der Waals surface area contributed by atoms with Crippen molar-refractivity contribution < 1.29 is 0 Å². The molecule has 0 bridgehead atoms. The van der Waals surface area contributed by atoms with Gasteiger partial charge in [-0.25, -0.2) is 0 Å². The Kier molecular flexibility index (Phi) is 2.37. The van der Waals surface area contributed by atoms with Gasteiger partial charge in [-0.05, 0) is 38.0 Å². The largest absolute Gasteiger partial charge is 0.381 e. The fourth-order valence-electron chi connectivity index (χ4n) is 1.98. The van der Waals surface area contributed by atoms with Gasteiger partial charge in [0.1, 0.15) is 0 Å². The predicted octanol–water partition coefficient (Wildman–Crippen LogP) is 2.89. The van der Waals surface area contributed by atoms with Gasteiger partial charge in [0.2, 0.25) is 0 Å². The van der Waals surface area contributed by atoms with Gasteiger partial charge in [-0.15, -0.1) is 0 Å². The molecule has 0 aliphatic carbocycles. The summed E-state index contributed by atoms with van der Waals surface area (Å²) >= 11 is 0. The molecule has 0 atom stereocenters. The molecule has 15 heavy (non-hydrogen) atoms. The van der Waals surface area contributed by atoms with E-state index in [-0.39, 0.29) is 5.54 Å². The van der Waals surface area contributed by atoms with Crippen molar-refractivity contribution in [3.8, 4) is 0 Å². The third-order valence-corrected chi connectivity index (χ3v) is 3.45. The van der Waals surface area contributed by atoms with Crippen molar-refractivity contribution in [3.63, 3.8) is 0 Å². The van der Waals surface area contributed by atoms with Crippen molar-refractivity contribution in [2.75, 3.05) is 23.8 Å². The number of benzene rings is 1. The lowest BCUT2D eigenvalue weighted by Gasteiger charge is -2.43. The van der Waals surface area contributed by atoms with Gasteiger partial charge in [0.15, 0.2) is 0 Å². The number of fused-ring (bicyclic) bond motifs is 1. The van der Waals surface area contributed by atoms with Crippen LogP contribution in [0.2, 0.25) is 0 Å². The first-order valence-electron chi connectivity index (χ1n) is 5.65. The van der Waals surface area contributed by atoms with Crippen LogP contribution < -0.4 is 10.2 Å².